The summed E-state index contributed by atoms with van der Waals surface area (Å²) >= 11 is 1.09. The molecule has 0 saturated carbocycles. The molecular weight excluding hydrogens is 2140 g/mol. The van der Waals surface area contributed by atoms with Crippen LogP contribution < -0.4 is 20.9 Å². The van der Waals surface area contributed by atoms with Crippen LogP contribution in [0.2, 0.25) is 0 Å². The number of hydrogen-bond acceptors (Lipinski definition) is 58. The van der Waals surface area contributed by atoms with Crippen LogP contribution in [0.3, 0.4) is 0 Å². The molecule has 0 heterocycles. The number of rotatable bonds is 38. The number of ether oxygens (including phenoxy) is 2. The van der Waals surface area contributed by atoms with Crippen molar-refractivity contribution in [2.75, 3.05) is 25.7 Å². The van der Waals surface area contributed by atoms with E-state index in [1.54, 1.807) is 0 Å². The fourth-order valence-electron chi connectivity index (χ4n) is 12.0. The molecule has 0 fully saturated rings. The van der Waals surface area contributed by atoms with E-state index in [1.807, 2.05) is 0 Å². The van der Waals surface area contributed by atoms with Crippen molar-refractivity contribution in [1.82, 2.24) is 0 Å². The highest BCUT2D eigenvalue weighted by Gasteiger charge is 2.34. The van der Waals surface area contributed by atoms with Crippen molar-refractivity contribution in [2.45, 2.75) is 58.7 Å². The Morgan fingerprint density at radius 3 is 0.957 bits per heavy atom. The zero-order valence-corrected chi connectivity index (χ0v) is 77.2. The van der Waals surface area contributed by atoms with Gasteiger partial charge in [0.1, 0.15) is 114 Å². The van der Waals surface area contributed by atoms with Crippen molar-refractivity contribution in [3.8, 4) is 34.5 Å². The number of anilines is 2. The molecule has 0 aliphatic rings. The lowest BCUT2D eigenvalue weighted by atomic mass is 10.1. The Balaban J connectivity index is 0.000000268. The third-order valence-electron chi connectivity index (χ3n) is 17.8. The van der Waals surface area contributed by atoms with Gasteiger partial charge in [0.15, 0.2) is 23.0 Å². The van der Waals surface area contributed by atoms with Gasteiger partial charge >= 0.3 is 0 Å². The van der Waals surface area contributed by atoms with E-state index in [-0.39, 0.29) is 89.8 Å². The topological polar surface area (TPSA) is 960 Å². The second-order valence-electron chi connectivity index (χ2n) is 25.9. The van der Waals surface area contributed by atoms with Crippen LogP contribution in [0.1, 0.15) is 0 Å². The minimum atomic E-state index is -5.64. The maximum atomic E-state index is 13.0. The standard InChI is InChI=1S/2C33H24N8O23S6/c1-60-15-3-6-18(21(11-15)65-63-61-46)35-40-30-25(69(54,55)56)12-17-16(31(30)42)4-7-20(33(17)70(57,58)59)37-39-29-24(68(51,52)53)9-13-8-22(66-64-62-47)28(32(43)26(13)27(29)34)38-36-19-5-2-14(41(44)45)10-23(19)67(48,49)50;1-58-16-3-5-18(22(11-16)66-63-60-47)35-40-31-26(70(55,56)57)8-13-6-21(65-62-59-46)20(12-17(13)32(31)42)37-39-30-25(69(52,53)54)9-14-7-23(67-64-61-48)29(33(43)27(14)28(30)34)38-36-19-4-2-15(41(44)45)10-24(19)68(49,50)51/h2-12,42-43,46-47H,34H2,1H3,(H,48,49,50)(H,51,52,53)(H,54,55,56)(H,57,58,59);2-12,42-43,46-48H,34H2,1H3,(H,49,50,51)(H,52,53,54)(H,55,56,57). The lowest BCUT2D eigenvalue weighted by molar-refractivity contribution is -0.432. The largest absolute Gasteiger partial charge is 0.505 e. The van der Waals surface area contributed by atoms with Gasteiger partial charge in [-0.25, -0.2) is 26.3 Å². The van der Waals surface area contributed by atoms with Crippen LogP contribution in [-0.4, -0.2) is 162 Å². The first kappa shape index (κ1) is 107. The van der Waals surface area contributed by atoms with Crippen molar-refractivity contribution in [2.24, 2.45) is 61.4 Å². The zero-order chi connectivity index (χ0) is 103. The molecular formula is C66H48N16O46S12. The lowest BCUT2D eigenvalue weighted by Gasteiger charge is -2.14. The summed E-state index contributed by atoms with van der Waals surface area (Å²) in [4.78, 5) is 11.3. The number of phenols is 4. The molecule has 62 nitrogen and oxygen atoms in total. The van der Waals surface area contributed by atoms with E-state index in [2.05, 4.69) is 108 Å². The summed E-state index contributed by atoms with van der Waals surface area (Å²) in [5.74, 6) is -3.81. The number of methoxy groups -OCH3 is 2. The van der Waals surface area contributed by atoms with Gasteiger partial charge in [-0.3, -0.25) is 52.1 Å². The number of nitrogens with two attached hydrogens (primary N) is 2. The summed E-state index contributed by atoms with van der Waals surface area (Å²) < 4.78 is 280. The third kappa shape index (κ3) is 24.5. The number of fused-ring (bicyclic) bond motifs is 4. The van der Waals surface area contributed by atoms with Crippen LogP contribution in [0, 0.1) is 20.2 Å². The maximum Gasteiger partial charge on any atom is 0.297 e. The molecule has 0 atom stereocenters. The van der Waals surface area contributed by atoms with E-state index in [0.717, 1.165) is 66.7 Å². The summed E-state index contributed by atoms with van der Waals surface area (Å²) in [6.07, 6.45) is 0. The number of nitro groups is 2. The predicted octanol–water partition coefficient (Wildman–Crippen LogP) is 17.2. The van der Waals surface area contributed by atoms with E-state index in [0.29, 0.717) is 54.4 Å². The monoisotopic (exact) mass is 2180 g/mol. The molecule has 740 valence electrons. The molecule has 0 spiro atoms. The number of aromatic hydroxyl groups is 4. The molecule has 0 aromatic heterocycles. The normalized spacial score (nSPS) is 12.7. The van der Waals surface area contributed by atoms with E-state index in [1.165, 1.54) is 50.6 Å². The van der Waals surface area contributed by atoms with Gasteiger partial charge in [-0.15, -0.1) is 83.0 Å². The molecule has 0 amide bonds. The van der Waals surface area contributed by atoms with E-state index < -0.39 is 254 Å². The Morgan fingerprint density at radius 1 is 0.293 bits per heavy atom. The summed E-state index contributed by atoms with van der Waals surface area (Å²) in [6.45, 7) is 0. The fraction of sp³-hybridized carbons (Fsp3) is 0.0303. The van der Waals surface area contributed by atoms with Crippen molar-refractivity contribution in [3.05, 3.63) is 154 Å². The van der Waals surface area contributed by atoms with Crippen molar-refractivity contribution in [3.63, 3.8) is 0 Å². The Hall–Kier alpha value is -13.0. The van der Waals surface area contributed by atoms with Crippen molar-refractivity contribution >= 4 is 265 Å². The van der Waals surface area contributed by atoms with Gasteiger partial charge in [0.05, 0.1) is 131 Å². The molecule has 0 saturated heterocycles. The quantitative estimate of drug-likeness (QED) is 0.00325. The first-order chi connectivity index (χ1) is 65.7. The molecule has 20 N–H and O–H groups in total. The molecule has 12 aromatic carbocycles. The maximum absolute atomic E-state index is 13.0. The molecule has 74 heteroatoms. The second-order valence-corrected chi connectivity index (χ2v) is 39.4. The smallest absolute Gasteiger partial charge is 0.297 e. The zero-order valence-electron chi connectivity index (χ0n) is 67.4. The number of nitro benzene ring substituents is 2. The van der Waals surface area contributed by atoms with Gasteiger partial charge < -0.3 is 41.4 Å². The van der Waals surface area contributed by atoms with E-state index >= 15 is 0 Å². The highest BCUT2D eigenvalue weighted by Crippen LogP contribution is 2.55. The van der Waals surface area contributed by atoms with Gasteiger partial charge in [-0.1, -0.05) is 25.2 Å². The predicted molar refractivity (Wildman–Crippen MR) is 470 cm³/mol. The number of non-ortho nitro benzene ring substituents is 2. The molecule has 0 aliphatic heterocycles. The number of nitrogens with zero attached hydrogens (tertiary/aromatic N) is 14. The number of hydrogen-bond donors (Lipinski definition) is 18. The van der Waals surface area contributed by atoms with Crippen LogP contribution in [0.4, 0.5) is 91.0 Å². The molecule has 0 bridgehead atoms. The second kappa shape index (κ2) is 43.8. The Labute approximate surface area is 797 Å². The van der Waals surface area contributed by atoms with E-state index in [9.17, 15) is 131 Å². The highest BCUT2D eigenvalue weighted by atomic mass is 32.2. The first-order valence-corrected chi connectivity index (χ1v) is 48.9. The molecule has 0 radical (unpaired) electrons. The van der Waals surface area contributed by atoms with Crippen LogP contribution in [0.15, 0.2) is 254 Å². The summed E-state index contributed by atoms with van der Waals surface area (Å²) in [5, 5.41) is 172. The van der Waals surface area contributed by atoms with Gasteiger partial charge in [0, 0.05) is 40.4 Å². The fourth-order valence-corrected chi connectivity index (χ4v) is 19.1. The third-order valence-corrected chi connectivity index (χ3v) is 27.1. The average molecular weight is 2190 g/mol. The van der Waals surface area contributed by atoms with Crippen LogP contribution in [-0.2, 0) is 118 Å². The molecule has 12 aromatic rings. The summed E-state index contributed by atoms with van der Waals surface area (Å²) in [7, 11) is -35.0. The van der Waals surface area contributed by atoms with Crippen LogP contribution in [0.25, 0.3) is 43.1 Å². The van der Waals surface area contributed by atoms with Gasteiger partial charge in [0.2, 0.25) is 0 Å². The number of nitrogen functional groups attached to an aromatic ring is 2. The molecule has 0 unspecified atom stereocenters. The van der Waals surface area contributed by atoms with Gasteiger partial charge in [-0.05, 0) is 125 Å². The summed E-state index contributed by atoms with van der Waals surface area (Å²) in [6, 6.07) is 20.0. The molecule has 0 aliphatic carbocycles. The Bertz CT molecular complexity index is 8160. The summed E-state index contributed by atoms with van der Waals surface area (Å²) in [5.41, 5.74) is 0.870. The number of benzene rings is 12. The first-order valence-electron chi connectivity index (χ1n) is 35.1. The Kier molecular flexibility index (Phi) is 33.6. The highest BCUT2D eigenvalue weighted by molar-refractivity contribution is 7.95. The molecule has 12 rings (SSSR count). The molecule has 140 heavy (non-hydrogen) atoms. The van der Waals surface area contributed by atoms with Crippen molar-refractivity contribution < 1.29 is 204 Å². The minimum Gasteiger partial charge on any atom is -0.505 e. The Morgan fingerprint density at radius 2 is 0.593 bits per heavy atom. The number of azo groups is 6. The van der Waals surface area contributed by atoms with E-state index in [4.69, 9.17) is 47.2 Å². The van der Waals surface area contributed by atoms with Gasteiger partial charge in [-0.2, -0.15) is 58.9 Å². The van der Waals surface area contributed by atoms with Gasteiger partial charge in [0.25, 0.3) is 82.2 Å². The van der Waals surface area contributed by atoms with Crippen LogP contribution >= 0.6 is 60.2 Å². The SMILES string of the molecule is COc1ccc(N=Nc2c(S(=O)(=O)O)cc3c(S(=O)(=O)O)c(N=Nc4c(S(=O)(=O)O)cc5cc(SOOO)c(N=Nc6ccc([N+](=O)[O-])cc6S(=O)(=O)O)c(O)c5c4N)ccc3c2O)c(SOOO)c1.COc1ccc(N=Nc2c(S(=O)(=O)O)cc3cc(SOOO)c(N=Nc4c(S(=O)(=O)O)cc5cc(SOOO)c(N=Nc6ccc([N+](=O)[O-])cc6S(=O)(=O)O)c(O)c5c4N)cc3c2O)c(SOOO)c1. The minimum absolute atomic E-state index is 0.0166. The lowest BCUT2D eigenvalue weighted by Crippen LogP contribution is -2.03. The van der Waals surface area contributed by atoms with Crippen LogP contribution in [0.5, 0.6) is 34.5 Å². The van der Waals surface area contributed by atoms with Crippen molar-refractivity contribution in [1.29, 1.82) is 0 Å². The number of phenolic OH excluding ortho intramolecular Hbond substituents is 4. The average Bonchev–Trinajstić information content (AvgIpc) is 0.749.